The predicted molar refractivity (Wildman–Crippen MR) is 60.9 cm³/mol. The van der Waals surface area contributed by atoms with Crippen molar-refractivity contribution in [2.45, 2.75) is 46.6 Å². The Hall–Kier alpha value is -0.620. The first-order valence-corrected chi connectivity index (χ1v) is 6.73. The molecule has 0 aromatic heterocycles. The van der Waals surface area contributed by atoms with Crippen LogP contribution in [0.25, 0.3) is 0 Å². The van der Waals surface area contributed by atoms with Gasteiger partial charge in [-0.2, -0.15) is 0 Å². The molecule has 0 saturated heterocycles. The molecule has 96 valence electrons. The van der Waals surface area contributed by atoms with Crippen molar-refractivity contribution in [2.24, 2.45) is 5.41 Å². The molecule has 0 aliphatic heterocycles. The van der Waals surface area contributed by atoms with Crippen molar-refractivity contribution in [2.75, 3.05) is 5.75 Å². The quantitative estimate of drug-likeness (QED) is 0.733. The highest BCUT2D eigenvalue weighted by atomic mass is 32.2. The Morgan fingerprint density at radius 2 is 1.69 bits per heavy atom. The van der Waals surface area contributed by atoms with Gasteiger partial charge in [0, 0.05) is 11.0 Å². The highest BCUT2D eigenvalue weighted by Gasteiger charge is 2.31. The van der Waals surface area contributed by atoms with E-state index in [-0.39, 0.29) is 5.91 Å². The van der Waals surface area contributed by atoms with Gasteiger partial charge in [-0.1, -0.05) is 20.8 Å². The van der Waals surface area contributed by atoms with Crippen molar-refractivity contribution in [3.8, 4) is 0 Å². The fourth-order valence-electron chi connectivity index (χ4n) is 1.12. The van der Waals surface area contributed by atoms with Gasteiger partial charge in [0.25, 0.3) is 0 Å². The third-order valence-electron chi connectivity index (χ3n) is 2.49. The van der Waals surface area contributed by atoms with Crippen molar-refractivity contribution in [3.05, 3.63) is 0 Å². The van der Waals surface area contributed by atoms with Crippen LogP contribution in [0.1, 0.15) is 41.0 Å². The van der Waals surface area contributed by atoms with E-state index in [1.54, 1.807) is 13.8 Å². The third kappa shape index (κ3) is 5.46. The molecule has 0 aromatic rings. The van der Waals surface area contributed by atoms with E-state index in [0.29, 0.717) is 6.42 Å². The Bertz CT molecular complexity index is 357. The van der Waals surface area contributed by atoms with Gasteiger partial charge in [0.1, 0.15) is 0 Å². The van der Waals surface area contributed by atoms with Gasteiger partial charge in [-0.25, -0.2) is 8.42 Å². The van der Waals surface area contributed by atoms with Crippen LogP contribution in [0.3, 0.4) is 0 Å². The molecule has 0 unspecified atom stereocenters. The molecule has 0 heterocycles. The fraction of sp³-hybridized carbons (Fsp3) is 0.900. The number of carbonyl (C=O) groups excluding carboxylic acids is 1. The van der Waals surface area contributed by atoms with E-state index >= 15 is 0 Å². The van der Waals surface area contributed by atoms with Crippen LogP contribution in [0.5, 0.6) is 0 Å². The standard InChI is InChI=1S/C10H21NO4S/c1-6-9(2,3)8(12)11-10(4,5)7-16(13,14)15/h6-7H2,1-5H3,(H,11,12)(H,13,14,15)/p-1. The highest BCUT2D eigenvalue weighted by molar-refractivity contribution is 7.85. The van der Waals surface area contributed by atoms with Gasteiger partial charge < -0.3 is 9.87 Å². The minimum Gasteiger partial charge on any atom is -0.748 e. The molecule has 0 aromatic carbocycles. The molecular formula is C10H20NO4S-. The lowest BCUT2D eigenvalue weighted by atomic mass is 9.88. The molecule has 0 rings (SSSR count). The van der Waals surface area contributed by atoms with Crippen molar-refractivity contribution in [3.63, 3.8) is 0 Å². The zero-order valence-electron chi connectivity index (χ0n) is 10.5. The maximum atomic E-state index is 11.8. The Kier molecular flexibility index (Phi) is 4.53. The van der Waals surface area contributed by atoms with Crippen molar-refractivity contribution in [1.82, 2.24) is 5.32 Å². The van der Waals surface area contributed by atoms with Crippen LogP contribution in [-0.4, -0.2) is 30.2 Å². The van der Waals surface area contributed by atoms with Crippen molar-refractivity contribution >= 4 is 16.0 Å². The summed E-state index contributed by atoms with van der Waals surface area (Å²) in [6.07, 6.45) is 0.638. The first-order valence-electron chi connectivity index (χ1n) is 5.16. The molecule has 1 N–H and O–H groups in total. The van der Waals surface area contributed by atoms with Crippen LogP contribution in [-0.2, 0) is 14.9 Å². The lowest BCUT2D eigenvalue weighted by Gasteiger charge is -2.32. The summed E-state index contributed by atoms with van der Waals surface area (Å²) in [5.41, 5.74) is -1.60. The van der Waals surface area contributed by atoms with Crippen LogP contribution in [0, 0.1) is 5.41 Å². The van der Waals surface area contributed by atoms with Crippen LogP contribution in [0.2, 0.25) is 0 Å². The van der Waals surface area contributed by atoms with Gasteiger partial charge in [-0.15, -0.1) is 0 Å². The highest BCUT2D eigenvalue weighted by Crippen LogP contribution is 2.21. The van der Waals surface area contributed by atoms with Crippen LogP contribution in [0.4, 0.5) is 0 Å². The summed E-state index contributed by atoms with van der Waals surface area (Å²) in [4.78, 5) is 11.8. The van der Waals surface area contributed by atoms with Crippen LogP contribution < -0.4 is 5.32 Å². The van der Waals surface area contributed by atoms with E-state index in [4.69, 9.17) is 0 Å². The summed E-state index contributed by atoms with van der Waals surface area (Å²) in [7, 11) is -4.34. The van der Waals surface area contributed by atoms with E-state index in [9.17, 15) is 17.8 Å². The summed E-state index contributed by atoms with van der Waals surface area (Å²) in [5.74, 6) is -0.852. The molecule has 0 radical (unpaired) electrons. The molecule has 0 fully saturated rings. The second-order valence-electron chi connectivity index (χ2n) is 5.28. The second kappa shape index (κ2) is 4.71. The first kappa shape index (κ1) is 15.4. The van der Waals surface area contributed by atoms with E-state index in [1.807, 2.05) is 6.92 Å². The summed E-state index contributed by atoms with van der Waals surface area (Å²) in [6, 6.07) is 0. The molecule has 0 saturated carbocycles. The molecule has 0 aliphatic carbocycles. The second-order valence-corrected chi connectivity index (χ2v) is 6.68. The number of rotatable bonds is 5. The summed E-state index contributed by atoms with van der Waals surface area (Å²) < 4.78 is 31.9. The Morgan fingerprint density at radius 3 is 2.00 bits per heavy atom. The Labute approximate surface area is 97.4 Å². The predicted octanol–water partition coefficient (Wildman–Crippen LogP) is 0.863. The van der Waals surface area contributed by atoms with E-state index < -0.39 is 26.8 Å². The number of carbonyl (C=O) groups is 1. The molecule has 5 nitrogen and oxygen atoms in total. The third-order valence-corrected chi connectivity index (χ3v) is 3.56. The SMILES string of the molecule is CCC(C)(C)C(=O)NC(C)(C)CS(=O)(=O)[O-]. The lowest BCUT2D eigenvalue weighted by Crippen LogP contribution is -2.52. The summed E-state index contributed by atoms with van der Waals surface area (Å²) in [5, 5.41) is 2.59. The van der Waals surface area contributed by atoms with Gasteiger partial charge in [0.05, 0.1) is 15.9 Å². The minimum absolute atomic E-state index is 0.247. The number of nitrogens with one attached hydrogen (secondary N) is 1. The van der Waals surface area contributed by atoms with E-state index in [1.165, 1.54) is 13.8 Å². The van der Waals surface area contributed by atoms with Gasteiger partial charge >= 0.3 is 0 Å². The van der Waals surface area contributed by atoms with Crippen molar-refractivity contribution < 1.29 is 17.8 Å². The summed E-state index contributed by atoms with van der Waals surface area (Å²) >= 11 is 0. The maximum absolute atomic E-state index is 11.8. The molecule has 1 amide bonds. The minimum atomic E-state index is -4.34. The molecule has 0 bridgehead atoms. The largest absolute Gasteiger partial charge is 0.748 e. The number of hydrogen-bond donors (Lipinski definition) is 1. The Balaban J connectivity index is 4.67. The normalized spacial score (nSPS) is 13.6. The molecule has 0 spiro atoms. The number of hydrogen-bond acceptors (Lipinski definition) is 4. The molecular weight excluding hydrogens is 230 g/mol. The molecule has 6 heteroatoms. The maximum Gasteiger partial charge on any atom is 0.226 e. The zero-order chi connectivity index (χ0) is 13.2. The Morgan fingerprint density at radius 1 is 1.25 bits per heavy atom. The number of amides is 1. The average Bonchev–Trinajstić information content (AvgIpc) is 1.98. The smallest absolute Gasteiger partial charge is 0.226 e. The van der Waals surface area contributed by atoms with Gasteiger partial charge in [0.15, 0.2) is 0 Å². The average molecular weight is 250 g/mol. The molecule has 0 aliphatic rings. The topological polar surface area (TPSA) is 86.3 Å². The van der Waals surface area contributed by atoms with Gasteiger partial charge in [-0.05, 0) is 20.3 Å². The van der Waals surface area contributed by atoms with Crippen LogP contribution in [0.15, 0.2) is 0 Å². The summed E-state index contributed by atoms with van der Waals surface area (Å²) in [6.45, 7) is 8.45. The van der Waals surface area contributed by atoms with Crippen molar-refractivity contribution in [1.29, 1.82) is 0 Å². The first-order chi connectivity index (χ1) is 6.90. The molecule has 0 atom stereocenters. The van der Waals surface area contributed by atoms with Gasteiger partial charge in [0.2, 0.25) is 5.91 Å². The van der Waals surface area contributed by atoms with E-state index in [0.717, 1.165) is 0 Å². The fourth-order valence-corrected chi connectivity index (χ4v) is 2.07. The monoisotopic (exact) mass is 250 g/mol. The van der Waals surface area contributed by atoms with E-state index in [2.05, 4.69) is 5.32 Å². The zero-order valence-corrected chi connectivity index (χ0v) is 11.3. The molecule has 16 heavy (non-hydrogen) atoms. The van der Waals surface area contributed by atoms with Crippen LogP contribution >= 0.6 is 0 Å². The van der Waals surface area contributed by atoms with Gasteiger partial charge in [-0.3, -0.25) is 4.79 Å². The lowest BCUT2D eigenvalue weighted by molar-refractivity contribution is -0.130.